The Kier molecular flexibility index (Phi) is 5.59. The SMILES string of the molecule is O=C(O)CCN(C[C@H]1CCCO1)C(=O)[C@H]1CC=CCC1. The molecule has 1 N–H and O–H groups in total. The molecule has 1 amide bonds. The third-order valence-corrected chi connectivity index (χ3v) is 3.97. The van der Waals surface area contributed by atoms with Gasteiger partial charge in [-0.3, -0.25) is 9.59 Å². The van der Waals surface area contributed by atoms with E-state index in [9.17, 15) is 9.59 Å². The van der Waals surface area contributed by atoms with Crippen LogP contribution in [0.25, 0.3) is 0 Å². The van der Waals surface area contributed by atoms with Crippen molar-refractivity contribution >= 4 is 11.9 Å². The lowest BCUT2D eigenvalue weighted by Crippen LogP contribution is -2.42. The predicted octanol–water partition coefficient (Wildman–Crippen LogP) is 1.82. The number of hydrogen-bond acceptors (Lipinski definition) is 3. The molecule has 1 saturated heterocycles. The van der Waals surface area contributed by atoms with Crippen molar-refractivity contribution in [3.63, 3.8) is 0 Å². The number of allylic oxidation sites excluding steroid dienone is 2. The highest BCUT2D eigenvalue weighted by atomic mass is 16.5. The lowest BCUT2D eigenvalue weighted by molar-refractivity contribution is -0.140. The second-order valence-electron chi connectivity index (χ2n) is 5.54. The van der Waals surface area contributed by atoms with Crippen LogP contribution in [0, 0.1) is 5.92 Å². The van der Waals surface area contributed by atoms with Crippen LogP contribution in [0.4, 0.5) is 0 Å². The van der Waals surface area contributed by atoms with Gasteiger partial charge in [0.2, 0.25) is 5.91 Å². The second kappa shape index (κ2) is 7.43. The van der Waals surface area contributed by atoms with E-state index in [1.54, 1.807) is 4.90 Å². The first kappa shape index (κ1) is 15.0. The number of amides is 1. The zero-order valence-corrected chi connectivity index (χ0v) is 11.8. The standard InChI is InChI=1S/C15H23NO4/c17-14(18)8-9-16(11-13-7-4-10-20-13)15(19)12-5-2-1-3-6-12/h1-2,12-13H,3-11H2,(H,17,18)/t12-,13+/m0/s1. The van der Waals surface area contributed by atoms with Crippen LogP contribution < -0.4 is 0 Å². The third-order valence-electron chi connectivity index (χ3n) is 3.97. The zero-order valence-electron chi connectivity index (χ0n) is 11.8. The maximum absolute atomic E-state index is 12.5. The van der Waals surface area contributed by atoms with Crippen LogP contribution in [0.15, 0.2) is 12.2 Å². The van der Waals surface area contributed by atoms with E-state index in [0.717, 1.165) is 38.7 Å². The van der Waals surface area contributed by atoms with Gasteiger partial charge >= 0.3 is 5.97 Å². The normalized spacial score (nSPS) is 25.6. The lowest BCUT2D eigenvalue weighted by Gasteiger charge is -2.29. The van der Waals surface area contributed by atoms with Crippen molar-refractivity contribution in [3.8, 4) is 0 Å². The van der Waals surface area contributed by atoms with Crippen molar-refractivity contribution < 1.29 is 19.4 Å². The average molecular weight is 281 g/mol. The molecule has 0 aromatic rings. The van der Waals surface area contributed by atoms with Gasteiger partial charge < -0.3 is 14.7 Å². The van der Waals surface area contributed by atoms with Crippen LogP contribution in [0.1, 0.15) is 38.5 Å². The highest BCUT2D eigenvalue weighted by Gasteiger charge is 2.28. The van der Waals surface area contributed by atoms with Crippen molar-refractivity contribution in [2.24, 2.45) is 5.92 Å². The molecule has 0 aromatic heterocycles. The van der Waals surface area contributed by atoms with E-state index in [2.05, 4.69) is 6.08 Å². The molecule has 0 aromatic carbocycles. The highest BCUT2D eigenvalue weighted by Crippen LogP contribution is 2.22. The molecule has 5 nitrogen and oxygen atoms in total. The molecule has 0 radical (unpaired) electrons. The summed E-state index contributed by atoms with van der Waals surface area (Å²) in [6.45, 7) is 1.57. The van der Waals surface area contributed by atoms with Crippen LogP contribution >= 0.6 is 0 Å². The quantitative estimate of drug-likeness (QED) is 0.754. The molecule has 1 heterocycles. The van der Waals surface area contributed by atoms with Gasteiger partial charge in [-0.25, -0.2) is 0 Å². The molecular weight excluding hydrogens is 258 g/mol. The Morgan fingerprint density at radius 3 is 2.75 bits per heavy atom. The van der Waals surface area contributed by atoms with E-state index in [1.165, 1.54) is 0 Å². The third kappa shape index (κ3) is 4.34. The fourth-order valence-electron chi connectivity index (χ4n) is 2.83. The number of carboxylic acids is 1. The number of carbonyl (C=O) groups is 2. The Labute approximate surface area is 119 Å². The van der Waals surface area contributed by atoms with Crippen molar-refractivity contribution in [3.05, 3.63) is 12.2 Å². The predicted molar refractivity (Wildman–Crippen MR) is 74.3 cm³/mol. The van der Waals surface area contributed by atoms with E-state index in [4.69, 9.17) is 9.84 Å². The van der Waals surface area contributed by atoms with Gasteiger partial charge in [-0.1, -0.05) is 12.2 Å². The number of nitrogens with zero attached hydrogens (tertiary/aromatic N) is 1. The van der Waals surface area contributed by atoms with Gasteiger partial charge in [0.05, 0.1) is 12.5 Å². The zero-order chi connectivity index (χ0) is 14.4. The Morgan fingerprint density at radius 2 is 2.15 bits per heavy atom. The largest absolute Gasteiger partial charge is 0.481 e. The molecule has 5 heteroatoms. The minimum absolute atomic E-state index is 0.00101. The summed E-state index contributed by atoms with van der Waals surface area (Å²) in [4.78, 5) is 25.0. The van der Waals surface area contributed by atoms with Crippen molar-refractivity contribution in [1.82, 2.24) is 4.90 Å². The van der Waals surface area contributed by atoms with Crippen molar-refractivity contribution in [2.45, 2.75) is 44.6 Å². The van der Waals surface area contributed by atoms with Gasteiger partial charge in [0.1, 0.15) is 0 Å². The van der Waals surface area contributed by atoms with E-state index in [0.29, 0.717) is 6.54 Å². The molecule has 1 aliphatic heterocycles. The molecule has 2 aliphatic rings. The summed E-state index contributed by atoms with van der Waals surface area (Å²) in [6, 6.07) is 0. The Balaban J connectivity index is 1.93. The second-order valence-corrected chi connectivity index (χ2v) is 5.54. The molecular formula is C15H23NO4. The molecule has 2 atom stereocenters. The molecule has 20 heavy (non-hydrogen) atoms. The lowest BCUT2D eigenvalue weighted by atomic mass is 9.93. The van der Waals surface area contributed by atoms with Crippen LogP contribution in [0.2, 0.25) is 0 Å². The monoisotopic (exact) mass is 281 g/mol. The van der Waals surface area contributed by atoms with Crippen LogP contribution in [0.3, 0.4) is 0 Å². The molecule has 0 bridgehead atoms. The first-order chi connectivity index (χ1) is 9.66. The molecule has 1 aliphatic carbocycles. The van der Waals surface area contributed by atoms with Gasteiger partial charge in [0.25, 0.3) is 0 Å². The molecule has 112 valence electrons. The first-order valence-electron chi connectivity index (χ1n) is 7.44. The Hall–Kier alpha value is -1.36. The fraction of sp³-hybridized carbons (Fsp3) is 0.733. The van der Waals surface area contributed by atoms with Crippen molar-refractivity contribution in [1.29, 1.82) is 0 Å². The number of carboxylic acid groups (broad SMARTS) is 1. The summed E-state index contributed by atoms with van der Waals surface area (Å²) in [7, 11) is 0. The van der Waals surface area contributed by atoms with E-state index in [1.807, 2.05) is 6.08 Å². The highest BCUT2D eigenvalue weighted by molar-refractivity contribution is 5.80. The smallest absolute Gasteiger partial charge is 0.305 e. The number of aliphatic carboxylic acids is 1. The van der Waals surface area contributed by atoms with Gasteiger partial charge in [-0.05, 0) is 32.1 Å². The summed E-state index contributed by atoms with van der Waals surface area (Å²) in [5.41, 5.74) is 0. The summed E-state index contributed by atoms with van der Waals surface area (Å²) >= 11 is 0. The summed E-state index contributed by atoms with van der Waals surface area (Å²) < 4.78 is 5.57. The van der Waals surface area contributed by atoms with Gasteiger partial charge in [-0.2, -0.15) is 0 Å². The fourth-order valence-corrected chi connectivity index (χ4v) is 2.83. The van der Waals surface area contributed by atoms with E-state index in [-0.39, 0.29) is 30.9 Å². The van der Waals surface area contributed by atoms with E-state index >= 15 is 0 Å². The minimum atomic E-state index is -0.862. The summed E-state index contributed by atoms with van der Waals surface area (Å²) in [5, 5.41) is 8.83. The van der Waals surface area contributed by atoms with Crippen molar-refractivity contribution in [2.75, 3.05) is 19.7 Å². The first-order valence-corrected chi connectivity index (χ1v) is 7.44. The maximum Gasteiger partial charge on any atom is 0.305 e. The topological polar surface area (TPSA) is 66.8 Å². The van der Waals surface area contributed by atoms with Gasteiger partial charge in [0.15, 0.2) is 0 Å². The summed E-state index contributed by atoms with van der Waals surface area (Å²) in [6.07, 6.45) is 8.78. The number of hydrogen-bond donors (Lipinski definition) is 1. The van der Waals surface area contributed by atoms with Crippen LogP contribution in [-0.2, 0) is 14.3 Å². The summed E-state index contributed by atoms with van der Waals surface area (Å²) in [5.74, 6) is -0.764. The number of carbonyl (C=O) groups excluding carboxylic acids is 1. The minimum Gasteiger partial charge on any atom is -0.481 e. The Morgan fingerprint density at radius 1 is 1.30 bits per heavy atom. The molecule has 0 spiro atoms. The number of ether oxygens (including phenoxy) is 1. The van der Waals surface area contributed by atoms with Crippen LogP contribution in [-0.4, -0.2) is 47.7 Å². The Bertz CT molecular complexity index is 374. The number of rotatable bonds is 6. The molecule has 0 unspecified atom stereocenters. The average Bonchev–Trinajstić information content (AvgIpc) is 2.96. The van der Waals surface area contributed by atoms with Gasteiger partial charge in [0, 0.05) is 25.6 Å². The molecule has 0 saturated carbocycles. The van der Waals surface area contributed by atoms with Crippen LogP contribution in [0.5, 0.6) is 0 Å². The van der Waals surface area contributed by atoms with Gasteiger partial charge in [-0.15, -0.1) is 0 Å². The molecule has 1 fully saturated rings. The van der Waals surface area contributed by atoms with E-state index < -0.39 is 5.97 Å². The maximum atomic E-state index is 12.5. The molecule has 2 rings (SSSR count).